The van der Waals surface area contributed by atoms with Crippen molar-refractivity contribution in [2.24, 2.45) is 0 Å². The van der Waals surface area contributed by atoms with E-state index in [9.17, 15) is 24.9 Å². The molecule has 1 fully saturated rings. The molecule has 3 aromatic rings. The Bertz CT molecular complexity index is 1420. The number of unbranched alkanes of at least 4 members (excludes halogenated alkanes) is 2. The highest BCUT2D eigenvalue weighted by Gasteiger charge is 2.47. The lowest BCUT2D eigenvalue weighted by Gasteiger charge is -2.42. The van der Waals surface area contributed by atoms with Crippen LogP contribution in [0.5, 0.6) is 28.7 Å². The number of esters is 1. The predicted octanol–water partition coefficient (Wildman–Crippen LogP) is 5.43. The quantitative estimate of drug-likeness (QED) is 0.293. The average Bonchev–Trinajstić information content (AvgIpc) is 2.80. The van der Waals surface area contributed by atoms with Crippen LogP contribution in [0.1, 0.15) is 74.1 Å². The van der Waals surface area contributed by atoms with E-state index in [1.54, 1.807) is 6.07 Å². The average molecular weight is 511 g/mol. The van der Waals surface area contributed by atoms with E-state index in [1.807, 2.05) is 6.92 Å². The molecule has 0 bridgehead atoms. The summed E-state index contributed by atoms with van der Waals surface area (Å²) in [5.41, 5.74) is -0.596. The summed E-state index contributed by atoms with van der Waals surface area (Å²) in [7, 11) is 0. The first kappa shape index (κ1) is 25.0. The van der Waals surface area contributed by atoms with Gasteiger partial charge in [0.05, 0.1) is 6.10 Å². The minimum atomic E-state index is -1.26. The number of carbonyl (C=O) groups excluding carboxylic acids is 1. The Kier molecular flexibility index (Phi) is 6.49. The number of carbonyl (C=O) groups is 1. The number of hydrogen-bond donors (Lipinski definition) is 3. The zero-order chi connectivity index (χ0) is 26.3. The molecule has 1 saturated heterocycles. The molecule has 0 saturated carbocycles. The smallest absolute Gasteiger partial charge is 0.347 e. The molecule has 3 heterocycles. The van der Waals surface area contributed by atoms with Gasteiger partial charge in [-0.3, -0.25) is 0 Å². The highest BCUT2D eigenvalue weighted by Crippen LogP contribution is 2.48. The highest BCUT2D eigenvalue weighted by atomic mass is 16.7. The lowest BCUT2D eigenvalue weighted by molar-refractivity contribution is -0.250. The van der Waals surface area contributed by atoms with E-state index in [0.29, 0.717) is 24.0 Å². The molecule has 1 aromatic heterocycles. The Labute approximate surface area is 213 Å². The molecule has 196 valence electrons. The second kappa shape index (κ2) is 9.63. The fourth-order valence-corrected chi connectivity index (χ4v) is 5.26. The Balaban J connectivity index is 1.60. The number of phenols is 3. The first-order valence-electron chi connectivity index (χ1n) is 12.7. The van der Waals surface area contributed by atoms with Gasteiger partial charge in [0.25, 0.3) is 0 Å². The highest BCUT2D eigenvalue weighted by molar-refractivity contribution is 5.97. The topological polar surface area (TPSA) is 136 Å². The van der Waals surface area contributed by atoms with Crippen LogP contribution in [0.4, 0.5) is 0 Å². The zero-order valence-electron chi connectivity index (χ0n) is 20.8. The van der Waals surface area contributed by atoms with Gasteiger partial charge in [-0.05, 0) is 43.7 Å². The van der Waals surface area contributed by atoms with Crippen LogP contribution in [-0.4, -0.2) is 33.2 Å². The predicted molar refractivity (Wildman–Crippen MR) is 133 cm³/mol. The number of aryl methyl sites for hydroxylation is 1. The van der Waals surface area contributed by atoms with Crippen molar-refractivity contribution in [1.29, 1.82) is 0 Å². The maximum absolute atomic E-state index is 13.0. The maximum atomic E-state index is 13.0. The minimum absolute atomic E-state index is 0.0304. The summed E-state index contributed by atoms with van der Waals surface area (Å²) in [6.07, 6.45) is 5.36. The van der Waals surface area contributed by atoms with Crippen LogP contribution < -0.4 is 10.4 Å². The van der Waals surface area contributed by atoms with Gasteiger partial charge in [-0.1, -0.05) is 19.8 Å². The van der Waals surface area contributed by atoms with Crippen LogP contribution in [-0.2, 0) is 22.3 Å². The summed E-state index contributed by atoms with van der Waals surface area (Å²) in [5.74, 6) is -2.80. The van der Waals surface area contributed by atoms with E-state index < -0.39 is 28.9 Å². The second-order valence-corrected chi connectivity index (χ2v) is 9.86. The summed E-state index contributed by atoms with van der Waals surface area (Å²) >= 11 is 0. The number of hydrogen-bond acceptors (Lipinski definition) is 9. The van der Waals surface area contributed by atoms with Gasteiger partial charge in [0.1, 0.15) is 34.0 Å². The van der Waals surface area contributed by atoms with Crippen molar-refractivity contribution in [2.45, 2.75) is 77.1 Å². The molecule has 9 heteroatoms. The van der Waals surface area contributed by atoms with Crippen molar-refractivity contribution >= 4 is 16.7 Å². The maximum Gasteiger partial charge on any atom is 0.347 e. The molecule has 0 unspecified atom stereocenters. The van der Waals surface area contributed by atoms with Crippen LogP contribution in [0, 0.1) is 0 Å². The third kappa shape index (κ3) is 4.71. The molecule has 2 atom stereocenters. The molecule has 2 aliphatic rings. The summed E-state index contributed by atoms with van der Waals surface area (Å²) in [6.45, 7) is 3.97. The van der Waals surface area contributed by atoms with Crippen molar-refractivity contribution in [1.82, 2.24) is 0 Å². The van der Waals surface area contributed by atoms with Crippen LogP contribution in [0.2, 0.25) is 0 Å². The van der Waals surface area contributed by atoms with Crippen molar-refractivity contribution in [2.75, 3.05) is 0 Å². The Morgan fingerprint density at radius 1 is 1.08 bits per heavy atom. The number of aromatic hydroxyl groups is 3. The van der Waals surface area contributed by atoms with Gasteiger partial charge in [0.15, 0.2) is 11.5 Å². The van der Waals surface area contributed by atoms with Gasteiger partial charge in [-0.25, -0.2) is 9.59 Å². The zero-order valence-corrected chi connectivity index (χ0v) is 20.8. The molecule has 5 rings (SSSR count). The van der Waals surface area contributed by atoms with Gasteiger partial charge >= 0.3 is 11.6 Å². The molecule has 9 nitrogen and oxygen atoms in total. The summed E-state index contributed by atoms with van der Waals surface area (Å²) in [4.78, 5) is 26.0. The fourth-order valence-electron chi connectivity index (χ4n) is 5.26. The molecular weight excluding hydrogens is 480 g/mol. The number of benzene rings is 2. The number of rotatable bonds is 6. The Hall–Kier alpha value is -3.72. The molecule has 2 aliphatic heterocycles. The normalized spacial score (nSPS) is 21.1. The molecule has 0 aliphatic carbocycles. The van der Waals surface area contributed by atoms with Crippen molar-refractivity contribution in [3.05, 3.63) is 51.6 Å². The van der Waals surface area contributed by atoms with E-state index in [0.717, 1.165) is 38.2 Å². The molecule has 1 spiro atoms. The molecule has 3 N–H and O–H groups in total. The fraction of sp³-hybridized carbons (Fsp3) is 0.429. The van der Waals surface area contributed by atoms with Crippen molar-refractivity contribution in [3.63, 3.8) is 0 Å². The molecule has 2 aromatic carbocycles. The van der Waals surface area contributed by atoms with E-state index in [2.05, 4.69) is 6.92 Å². The third-order valence-electron chi connectivity index (χ3n) is 6.95. The van der Waals surface area contributed by atoms with Gasteiger partial charge in [-0.2, -0.15) is 0 Å². The molecular formula is C28H30O9. The van der Waals surface area contributed by atoms with E-state index in [-0.39, 0.29) is 46.3 Å². The number of ether oxygens (including phenoxy) is 3. The van der Waals surface area contributed by atoms with E-state index >= 15 is 0 Å². The summed E-state index contributed by atoms with van der Waals surface area (Å²) < 4.78 is 23.2. The van der Waals surface area contributed by atoms with Crippen LogP contribution in [0.3, 0.4) is 0 Å². The Morgan fingerprint density at radius 2 is 1.89 bits per heavy atom. The van der Waals surface area contributed by atoms with Gasteiger partial charge in [-0.15, -0.1) is 0 Å². The van der Waals surface area contributed by atoms with Crippen molar-refractivity contribution in [3.8, 4) is 28.7 Å². The van der Waals surface area contributed by atoms with Gasteiger partial charge in [0, 0.05) is 37.0 Å². The van der Waals surface area contributed by atoms with Crippen LogP contribution >= 0.6 is 0 Å². The Morgan fingerprint density at radius 3 is 2.65 bits per heavy atom. The molecule has 37 heavy (non-hydrogen) atoms. The lowest BCUT2D eigenvalue weighted by atomic mass is 9.89. The van der Waals surface area contributed by atoms with Gasteiger partial charge < -0.3 is 33.9 Å². The van der Waals surface area contributed by atoms with Crippen LogP contribution in [0.15, 0.2) is 33.5 Å². The number of phenolic OH excluding ortho intramolecular Hbond substituents is 3. The monoisotopic (exact) mass is 510 g/mol. The number of fused-ring (bicyclic) bond motifs is 2. The van der Waals surface area contributed by atoms with Gasteiger partial charge in [0.2, 0.25) is 5.79 Å². The first-order chi connectivity index (χ1) is 17.7. The van der Waals surface area contributed by atoms with E-state index in [1.165, 1.54) is 12.1 Å². The lowest BCUT2D eigenvalue weighted by Crippen LogP contribution is -2.48. The minimum Gasteiger partial charge on any atom is -0.508 e. The third-order valence-corrected chi connectivity index (χ3v) is 6.95. The SMILES string of the molecule is CCCCCc1cc2cc(O)cc(Oc3c(O)cc(O)c4c3C[C@]3(CCC[C@@H](C)O3)OC4=O)c2c(=O)o1. The van der Waals surface area contributed by atoms with Crippen molar-refractivity contribution < 1.29 is 38.7 Å². The first-order valence-corrected chi connectivity index (χ1v) is 12.7. The second-order valence-electron chi connectivity index (χ2n) is 9.86. The largest absolute Gasteiger partial charge is 0.508 e. The standard InChI is InChI=1S/C28H30O9/c1-3-4-5-8-18-11-16-10-17(29)12-22(23(16)26(32)34-18)35-25-19-14-28(9-6-7-15(2)36-28)37-27(33)24(19)20(30)13-21(25)31/h10-13,15,29-31H,3-9,14H2,1-2H3/t15-,28+/m1/s1. The van der Waals surface area contributed by atoms with E-state index in [4.69, 9.17) is 18.6 Å². The molecule has 0 radical (unpaired) electrons. The molecule has 0 amide bonds. The summed E-state index contributed by atoms with van der Waals surface area (Å²) in [6, 6.07) is 5.36. The van der Waals surface area contributed by atoms with Crippen LogP contribution in [0.25, 0.3) is 10.8 Å². The summed E-state index contributed by atoms with van der Waals surface area (Å²) in [5, 5.41) is 32.1.